The van der Waals surface area contributed by atoms with Crippen LogP contribution in [0.5, 0.6) is 5.75 Å². The normalized spacial score (nSPS) is 19.2. The van der Waals surface area contributed by atoms with Gasteiger partial charge in [-0.2, -0.15) is 0 Å². The van der Waals surface area contributed by atoms with Gasteiger partial charge in [-0.05, 0) is 57.2 Å². The first-order valence-corrected chi connectivity index (χ1v) is 12.0. The summed E-state index contributed by atoms with van der Waals surface area (Å²) >= 11 is 0. The number of amides is 3. The minimum absolute atomic E-state index is 0.0383. The van der Waals surface area contributed by atoms with Crippen LogP contribution < -0.4 is 10.1 Å². The number of nitrogens with zero attached hydrogens (tertiary/aromatic N) is 2. The molecule has 186 valence electrons. The van der Waals surface area contributed by atoms with Gasteiger partial charge in [-0.25, -0.2) is 0 Å². The zero-order chi connectivity index (χ0) is 25.2. The molecule has 2 aromatic carbocycles. The van der Waals surface area contributed by atoms with Gasteiger partial charge < -0.3 is 19.7 Å². The number of rotatable bonds is 5. The minimum Gasteiger partial charge on any atom is -0.497 e. The predicted octanol–water partition coefficient (Wildman–Crippen LogP) is 3.00. The van der Waals surface area contributed by atoms with E-state index in [1.807, 2.05) is 45.0 Å². The molecule has 1 spiro atoms. The Hall–Kier alpha value is -3.39. The van der Waals surface area contributed by atoms with E-state index in [4.69, 9.17) is 9.47 Å². The molecule has 3 amide bonds. The molecular formula is C27H33N3O5. The smallest absolute Gasteiger partial charge is 0.256 e. The highest BCUT2D eigenvalue weighted by Gasteiger charge is 2.54. The number of piperidine rings is 1. The van der Waals surface area contributed by atoms with Crippen molar-refractivity contribution in [2.24, 2.45) is 0 Å². The number of ether oxygens (including phenoxy) is 2. The van der Waals surface area contributed by atoms with Crippen molar-refractivity contribution in [3.8, 4) is 5.75 Å². The monoisotopic (exact) mass is 479 g/mol. The maximum absolute atomic E-state index is 13.7. The largest absolute Gasteiger partial charge is 0.497 e. The molecule has 0 bridgehead atoms. The second-order valence-corrected chi connectivity index (χ2v) is 9.50. The molecule has 4 rings (SSSR count). The van der Waals surface area contributed by atoms with E-state index in [9.17, 15) is 14.4 Å². The van der Waals surface area contributed by atoms with Gasteiger partial charge >= 0.3 is 0 Å². The van der Waals surface area contributed by atoms with Crippen molar-refractivity contribution in [2.45, 2.75) is 51.4 Å². The van der Waals surface area contributed by atoms with Gasteiger partial charge in [0.25, 0.3) is 11.8 Å². The molecule has 1 N–H and O–H groups in total. The van der Waals surface area contributed by atoms with Crippen molar-refractivity contribution >= 4 is 17.7 Å². The van der Waals surface area contributed by atoms with Crippen LogP contribution in [-0.2, 0) is 9.53 Å². The highest BCUT2D eigenvalue weighted by molar-refractivity contribution is 5.99. The summed E-state index contributed by atoms with van der Waals surface area (Å²) in [5, 5.41) is 2.92. The van der Waals surface area contributed by atoms with Crippen LogP contribution in [0.1, 0.15) is 53.0 Å². The van der Waals surface area contributed by atoms with Crippen LogP contribution in [0.15, 0.2) is 48.5 Å². The molecule has 2 heterocycles. The van der Waals surface area contributed by atoms with E-state index in [0.717, 1.165) is 5.56 Å². The summed E-state index contributed by atoms with van der Waals surface area (Å²) in [4.78, 5) is 43.3. The zero-order valence-electron chi connectivity index (χ0n) is 20.7. The maximum atomic E-state index is 13.7. The number of likely N-dealkylation sites (tertiary alicyclic amines) is 1. The van der Waals surface area contributed by atoms with Crippen molar-refractivity contribution in [1.29, 1.82) is 0 Å². The summed E-state index contributed by atoms with van der Waals surface area (Å²) in [6, 6.07) is 13.6. The summed E-state index contributed by atoms with van der Waals surface area (Å²) < 4.78 is 11.4. The van der Waals surface area contributed by atoms with Crippen LogP contribution in [0.4, 0.5) is 0 Å². The fraction of sp³-hybridized carbons (Fsp3) is 0.444. The van der Waals surface area contributed by atoms with Crippen molar-refractivity contribution < 1.29 is 23.9 Å². The third kappa shape index (κ3) is 5.03. The van der Waals surface area contributed by atoms with Gasteiger partial charge in [-0.3, -0.25) is 19.3 Å². The lowest BCUT2D eigenvalue weighted by Crippen LogP contribution is -2.60. The second kappa shape index (κ2) is 10.1. The van der Waals surface area contributed by atoms with Gasteiger partial charge in [-0.15, -0.1) is 0 Å². The fourth-order valence-corrected chi connectivity index (χ4v) is 4.84. The summed E-state index contributed by atoms with van der Waals surface area (Å²) in [6.45, 7) is 6.70. The number of hydrogen-bond acceptors (Lipinski definition) is 5. The highest BCUT2D eigenvalue weighted by Crippen LogP contribution is 2.39. The first-order valence-electron chi connectivity index (χ1n) is 12.0. The van der Waals surface area contributed by atoms with Crippen molar-refractivity contribution in [3.05, 3.63) is 65.2 Å². The highest BCUT2D eigenvalue weighted by atomic mass is 16.5. The molecule has 0 radical (unpaired) electrons. The fourth-order valence-electron chi connectivity index (χ4n) is 4.84. The van der Waals surface area contributed by atoms with Gasteiger partial charge in [-0.1, -0.05) is 17.7 Å². The average molecular weight is 480 g/mol. The van der Waals surface area contributed by atoms with E-state index < -0.39 is 11.8 Å². The molecule has 0 aromatic heterocycles. The van der Waals surface area contributed by atoms with Gasteiger partial charge in [0.05, 0.1) is 13.7 Å². The molecule has 8 nitrogen and oxygen atoms in total. The molecule has 2 fully saturated rings. The van der Waals surface area contributed by atoms with Crippen LogP contribution in [0.2, 0.25) is 0 Å². The molecule has 1 unspecified atom stereocenters. The van der Waals surface area contributed by atoms with Crippen molar-refractivity contribution in [1.82, 2.24) is 15.1 Å². The van der Waals surface area contributed by atoms with E-state index in [1.165, 1.54) is 0 Å². The Bertz CT molecular complexity index is 1090. The van der Waals surface area contributed by atoms with Crippen LogP contribution in [0.25, 0.3) is 0 Å². The van der Waals surface area contributed by atoms with Crippen LogP contribution in [0, 0.1) is 6.92 Å². The number of carbonyl (C=O) groups is 3. The number of carbonyl (C=O) groups excluding carboxylic acids is 3. The van der Waals surface area contributed by atoms with E-state index >= 15 is 0 Å². The molecule has 1 atom stereocenters. The van der Waals surface area contributed by atoms with E-state index in [1.54, 1.807) is 41.2 Å². The lowest BCUT2D eigenvalue weighted by molar-refractivity contribution is -0.128. The zero-order valence-corrected chi connectivity index (χ0v) is 20.7. The Kier molecular flexibility index (Phi) is 7.12. The molecular weight excluding hydrogens is 446 g/mol. The van der Waals surface area contributed by atoms with Crippen molar-refractivity contribution in [2.75, 3.05) is 26.8 Å². The topological polar surface area (TPSA) is 88.2 Å². The molecule has 2 aliphatic rings. The Labute approximate surface area is 206 Å². The lowest BCUT2D eigenvalue weighted by atomic mass is 9.96. The average Bonchev–Trinajstić information content (AvgIpc) is 3.22. The van der Waals surface area contributed by atoms with Gasteiger partial charge in [0.1, 0.15) is 17.5 Å². The summed E-state index contributed by atoms with van der Waals surface area (Å²) in [5.41, 5.74) is 1.18. The SMILES string of the molecule is COc1ccc(C(=O)N2C(C(=O)NC(C)C)COC23CCN(C(=O)c2cccc(C)c2)CC3)cc1. The van der Waals surface area contributed by atoms with Gasteiger partial charge in [0, 0.05) is 43.1 Å². The molecule has 8 heteroatoms. The Balaban J connectivity index is 1.58. The predicted molar refractivity (Wildman–Crippen MR) is 131 cm³/mol. The third-order valence-electron chi connectivity index (χ3n) is 6.65. The molecule has 2 aromatic rings. The summed E-state index contributed by atoms with van der Waals surface area (Å²) in [6.07, 6.45) is 0.857. The molecule has 35 heavy (non-hydrogen) atoms. The standard InChI is InChI=1S/C27H33N3O5/c1-18(2)28-24(31)23-17-35-27(30(23)26(33)20-8-10-22(34-4)11-9-20)12-14-29(15-13-27)25(32)21-7-5-6-19(3)16-21/h5-11,16,18,23H,12-15,17H2,1-4H3,(H,28,31). The molecule has 0 aliphatic carbocycles. The first kappa shape index (κ1) is 24.7. The number of nitrogens with one attached hydrogen (secondary N) is 1. The quantitative estimate of drug-likeness (QED) is 0.712. The van der Waals surface area contributed by atoms with Gasteiger partial charge in [0.2, 0.25) is 5.91 Å². The number of aryl methyl sites for hydroxylation is 1. The minimum atomic E-state index is -0.945. The molecule has 2 aliphatic heterocycles. The Morgan fingerprint density at radius 2 is 1.71 bits per heavy atom. The third-order valence-corrected chi connectivity index (χ3v) is 6.65. The molecule has 0 saturated carbocycles. The van der Waals surface area contributed by atoms with E-state index in [0.29, 0.717) is 42.8 Å². The first-order chi connectivity index (χ1) is 16.7. The lowest BCUT2D eigenvalue weighted by Gasteiger charge is -2.44. The summed E-state index contributed by atoms with van der Waals surface area (Å²) in [5.74, 6) is 0.0965. The summed E-state index contributed by atoms with van der Waals surface area (Å²) in [7, 11) is 1.57. The van der Waals surface area contributed by atoms with Crippen LogP contribution in [-0.4, -0.2) is 72.1 Å². The second-order valence-electron chi connectivity index (χ2n) is 9.50. The van der Waals surface area contributed by atoms with Crippen molar-refractivity contribution in [3.63, 3.8) is 0 Å². The molecule has 2 saturated heterocycles. The number of benzene rings is 2. The Morgan fingerprint density at radius 1 is 1.03 bits per heavy atom. The van der Waals surface area contributed by atoms with Crippen LogP contribution >= 0.6 is 0 Å². The number of methoxy groups -OCH3 is 1. The maximum Gasteiger partial charge on any atom is 0.256 e. The van der Waals surface area contributed by atoms with Crippen LogP contribution in [0.3, 0.4) is 0 Å². The van der Waals surface area contributed by atoms with Gasteiger partial charge in [0.15, 0.2) is 0 Å². The van der Waals surface area contributed by atoms with E-state index in [-0.39, 0.29) is 30.4 Å². The number of hydrogen-bond donors (Lipinski definition) is 1. The Morgan fingerprint density at radius 3 is 2.31 bits per heavy atom. The van der Waals surface area contributed by atoms with E-state index in [2.05, 4.69) is 5.32 Å².